The molecule has 5 heteroatoms. The summed E-state index contributed by atoms with van der Waals surface area (Å²) >= 11 is 1.44. The Morgan fingerprint density at radius 2 is 2.05 bits per heavy atom. The van der Waals surface area contributed by atoms with Gasteiger partial charge in [0.15, 0.2) is 5.13 Å². The normalized spacial score (nSPS) is 10.7. The number of carbonyl (C=O) groups excluding carboxylic acids is 1. The second kappa shape index (κ2) is 6.45. The van der Waals surface area contributed by atoms with Crippen LogP contribution < -0.4 is 10.6 Å². The molecule has 4 nitrogen and oxygen atoms in total. The number of amides is 1. The van der Waals surface area contributed by atoms with Crippen LogP contribution in [0.5, 0.6) is 0 Å². The maximum Gasteiger partial charge on any atom is 0.240 e. The number of anilines is 1. The summed E-state index contributed by atoms with van der Waals surface area (Å²) in [4.78, 5) is 16.1. The summed E-state index contributed by atoms with van der Waals surface area (Å²) in [6, 6.07) is 10.2. The molecule has 0 unspecified atom stereocenters. The zero-order chi connectivity index (χ0) is 13.7. The number of hydrogen-bond acceptors (Lipinski definition) is 4. The smallest absolute Gasteiger partial charge is 0.240 e. The van der Waals surface area contributed by atoms with E-state index in [4.69, 9.17) is 0 Å². The van der Waals surface area contributed by atoms with Crippen molar-refractivity contribution < 1.29 is 4.79 Å². The van der Waals surface area contributed by atoms with Crippen molar-refractivity contribution in [2.45, 2.75) is 19.9 Å². The lowest BCUT2D eigenvalue weighted by molar-refractivity contribution is -0.115. The van der Waals surface area contributed by atoms with Crippen LogP contribution in [-0.2, 0) is 4.79 Å². The topological polar surface area (TPSA) is 54.0 Å². The highest BCUT2D eigenvalue weighted by molar-refractivity contribution is 7.14. The fourth-order valence-electron chi connectivity index (χ4n) is 1.53. The third-order valence-electron chi connectivity index (χ3n) is 2.49. The van der Waals surface area contributed by atoms with Crippen LogP contribution in [0.2, 0.25) is 0 Å². The van der Waals surface area contributed by atoms with Gasteiger partial charge in [0.05, 0.1) is 12.2 Å². The number of rotatable bonds is 5. The third kappa shape index (κ3) is 4.15. The lowest BCUT2D eigenvalue weighted by Gasteiger charge is -2.06. The van der Waals surface area contributed by atoms with Crippen molar-refractivity contribution in [1.82, 2.24) is 10.3 Å². The van der Waals surface area contributed by atoms with Gasteiger partial charge in [-0.1, -0.05) is 44.2 Å². The maximum atomic E-state index is 11.7. The van der Waals surface area contributed by atoms with Crippen molar-refractivity contribution in [1.29, 1.82) is 0 Å². The van der Waals surface area contributed by atoms with Crippen molar-refractivity contribution in [2.24, 2.45) is 0 Å². The maximum absolute atomic E-state index is 11.7. The van der Waals surface area contributed by atoms with E-state index in [0.717, 1.165) is 11.3 Å². The molecule has 0 saturated carbocycles. The number of nitrogens with zero attached hydrogens (tertiary/aromatic N) is 1. The fraction of sp³-hybridized carbons (Fsp3) is 0.286. The molecule has 2 N–H and O–H groups in total. The Labute approximate surface area is 116 Å². The number of hydrogen-bond donors (Lipinski definition) is 2. The first-order valence-electron chi connectivity index (χ1n) is 6.19. The second-order valence-electron chi connectivity index (χ2n) is 4.49. The SMILES string of the molecule is CC(C)NCC(=O)Nc1nc(-c2ccccc2)cs1. The zero-order valence-electron chi connectivity index (χ0n) is 11.0. The van der Waals surface area contributed by atoms with E-state index in [1.807, 2.05) is 49.6 Å². The molecule has 19 heavy (non-hydrogen) atoms. The van der Waals surface area contributed by atoms with Crippen LogP contribution in [0.3, 0.4) is 0 Å². The molecule has 0 spiro atoms. The van der Waals surface area contributed by atoms with Gasteiger partial charge in [-0.15, -0.1) is 11.3 Å². The van der Waals surface area contributed by atoms with Gasteiger partial charge in [-0.05, 0) is 0 Å². The van der Waals surface area contributed by atoms with Gasteiger partial charge in [0.25, 0.3) is 0 Å². The van der Waals surface area contributed by atoms with E-state index < -0.39 is 0 Å². The molecule has 0 radical (unpaired) electrons. The van der Waals surface area contributed by atoms with E-state index in [9.17, 15) is 4.79 Å². The Balaban J connectivity index is 1.96. The zero-order valence-corrected chi connectivity index (χ0v) is 11.8. The summed E-state index contributed by atoms with van der Waals surface area (Å²) < 4.78 is 0. The van der Waals surface area contributed by atoms with Crippen LogP contribution >= 0.6 is 11.3 Å². The first-order valence-corrected chi connectivity index (χ1v) is 7.07. The fourth-order valence-corrected chi connectivity index (χ4v) is 2.27. The van der Waals surface area contributed by atoms with E-state index in [0.29, 0.717) is 17.7 Å². The summed E-state index contributed by atoms with van der Waals surface area (Å²) in [5, 5.41) is 8.44. The Morgan fingerprint density at radius 1 is 1.32 bits per heavy atom. The lowest BCUT2D eigenvalue weighted by atomic mass is 10.2. The first kappa shape index (κ1) is 13.7. The molecular weight excluding hydrogens is 258 g/mol. The van der Waals surface area contributed by atoms with Crippen molar-refractivity contribution in [3.05, 3.63) is 35.7 Å². The standard InChI is InChI=1S/C14H17N3OS/c1-10(2)15-8-13(18)17-14-16-12(9-19-14)11-6-4-3-5-7-11/h3-7,9-10,15H,8H2,1-2H3,(H,16,17,18). The number of benzene rings is 1. The predicted octanol–water partition coefficient (Wildman–Crippen LogP) is 2.75. The number of carbonyl (C=O) groups is 1. The van der Waals surface area contributed by atoms with Crippen LogP contribution in [0.4, 0.5) is 5.13 Å². The molecule has 1 amide bonds. The molecule has 0 atom stereocenters. The molecular formula is C14H17N3OS. The van der Waals surface area contributed by atoms with Gasteiger partial charge in [0.2, 0.25) is 5.91 Å². The van der Waals surface area contributed by atoms with Gasteiger partial charge in [0, 0.05) is 17.0 Å². The summed E-state index contributed by atoms with van der Waals surface area (Å²) in [6.07, 6.45) is 0. The van der Waals surface area contributed by atoms with Gasteiger partial charge in [0.1, 0.15) is 0 Å². The molecule has 100 valence electrons. The Morgan fingerprint density at radius 3 is 2.74 bits per heavy atom. The van der Waals surface area contributed by atoms with E-state index >= 15 is 0 Å². The average molecular weight is 275 g/mol. The molecule has 0 fully saturated rings. The van der Waals surface area contributed by atoms with E-state index in [-0.39, 0.29) is 5.91 Å². The van der Waals surface area contributed by atoms with Crippen LogP contribution in [0, 0.1) is 0 Å². The van der Waals surface area contributed by atoms with Gasteiger partial charge < -0.3 is 10.6 Å². The van der Waals surface area contributed by atoms with Gasteiger partial charge in [-0.2, -0.15) is 0 Å². The van der Waals surface area contributed by atoms with Crippen LogP contribution in [0.1, 0.15) is 13.8 Å². The Bertz CT molecular complexity index is 537. The molecule has 1 aromatic heterocycles. The quantitative estimate of drug-likeness (QED) is 0.882. The van der Waals surface area contributed by atoms with E-state index in [1.54, 1.807) is 0 Å². The van der Waals surface area contributed by atoms with Crippen LogP contribution in [0.15, 0.2) is 35.7 Å². The minimum Gasteiger partial charge on any atom is -0.306 e. The minimum atomic E-state index is -0.0670. The van der Waals surface area contributed by atoms with E-state index in [1.165, 1.54) is 11.3 Å². The Hall–Kier alpha value is -1.72. The molecule has 1 aromatic carbocycles. The monoisotopic (exact) mass is 275 g/mol. The highest BCUT2D eigenvalue weighted by Gasteiger charge is 2.07. The minimum absolute atomic E-state index is 0.0670. The number of nitrogens with one attached hydrogen (secondary N) is 2. The Kier molecular flexibility index (Phi) is 4.65. The first-order chi connectivity index (χ1) is 9.15. The summed E-state index contributed by atoms with van der Waals surface area (Å²) in [7, 11) is 0. The molecule has 0 saturated heterocycles. The number of thiazole rings is 1. The molecule has 0 aliphatic heterocycles. The van der Waals surface area contributed by atoms with Crippen molar-refractivity contribution in [3.63, 3.8) is 0 Å². The average Bonchev–Trinajstić information content (AvgIpc) is 2.86. The summed E-state index contributed by atoms with van der Waals surface area (Å²) in [5.41, 5.74) is 1.94. The van der Waals surface area contributed by atoms with E-state index in [2.05, 4.69) is 15.6 Å². The molecule has 2 aromatic rings. The van der Waals surface area contributed by atoms with Crippen molar-refractivity contribution in [2.75, 3.05) is 11.9 Å². The van der Waals surface area contributed by atoms with Crippen LogP contribution in [-0.4, -0.2) is 23.5 Å². The molecule has 2 rings (SSSR count). The number of aromatic nitrogens is 1. The highest BCUT2D eigenvalue weighted by atomic mass is 32.1. The van der Waals surface area contributed by atoms with Crippen molar-refractivity contribution >= 4 is 22.4 Å². The second-order valence-corrected chi connectivity index (χ2v) is 5.35. The summed E-state index contributed by atoms with van der Waals surface area (Å²) in [6.45, 7) is 4.31. The third-order valence-corrected chi connectivity index (χ3v) is 3.25. The molecule has 0 aliphatic carbocycles. The van der Waals surface area contributed by atoms with Gasteiger partial charge in [-0.3, -0.25) is 4.79 Å². The lowest BCUT2D eigenvalue weighted by Crippen LogP contribution is -2.32. The largest absolute Gasteiger partial charge is 0.306 e. The van der Waals surface area contributed by atoms with Gasteiger partial charge >= 0.3 is 0 Å². The highest BCUT2D eigenvalue weighted by Crippen LogP contribution is 2.24. The molecule has 0 aliphatic rings. The van der Waals surface area contributed by atoms with Crippen molar-refractivity contribution in [3.8, 4) is 11.3 Å². The molecule has 1 heterocycles. The van der Waals surface area contributed by atoms with Crippen LogP contribution in [0.25, 0.3) is 11.3 Å². The predicted molar refractivity (Wildman–Crippen MR) is 79.3 cm³/mol. The molecule has 0 bridgehead atoms. The summed E-state index contributed by atoms with van der Waals surface area (Å²) in [5.74, 6) is -0.0670. The van der Waals surface area contributed by atoms with Gasteiger partial charge in [-0.25, -0.2) is 4.98 Å².